The molecule has 0 unspecified atom stereocenters. The fourth-order valence-corrected chi connectivity index (χ4v) is 4.90. The third kappa shape index (κ3) is 9.93. The molecule has 0 aliphatic heterocycles. The van der Waals surface area contributed by atoms with Gasteiger partial charge in [0.2, 0.25) is 0 Å². The zero-order valence-corrected chi connectivity index (χ0v) is 22.6. The van der Waals surface area contributed by atoms with E-state index in [1.165, 1.54) is 89.7 Å². The maximum Gasteiger partial charge on any atom is 0.433 e. The van der Waals surface area contributed by atoms with Gasteiger partial charge in [-0.15, -0.1) is 0 Å². The number of nitrogens with zero attached hydrogens (tertiary/aromatic N) is 3. The van der Waals surface area contributed by atoms with E-state index in [9.17, 15) is 18.0 Å². The van der Waals surface area contributed by atoms with Crippen LogP contribution in [0.15, 0.2) is 12.3 Å². The fraction of sp³-hybridized carbons (Fsp3) is 0.759. The lowest BCUT2D eigenvalue weighted by atomic mass is 10.0. The highest BCUT2D eigenvalue weighted by molar-refractivity contribution is 5.99. The number of halogens is 3. The molecule has 0 spiro atoms. The smallest absolute Gasteiger partial charge is 0.352 e. The summed E-state index contributed by atoms with van der Waals surface area (Å²) in [4.78, 5) is 17.0. The summed E-state index contributed by atoms with van der Waals surface area (Å²) in [5.74, 6) is -0.369. The predicted octanol–water partition coefficient (Wildman–Crippen LogP) is 8.62. The summed E-state index contributed by atoms with van der Waals surface area (Å²) in [6, 6.07) is 1.07. The molecule has 2 heterocycles. The number of aromatic nitrogens is 3. The summed E-state index contributed by atoms with van der Waals surface area (Å²) < 4.78 is 41.3. The van der Waals surface area contributed by atoms with Gasteiger partial charge in [-0.2, -0.15) is 18.3 Å². The third-order valence-corrected chi connectivity index (χ3v) is 7.34. The topological polar surface area (TPSA) is 59.3 Å². The molecule has 37 heavy (non-hydrogen) atoms. The van der Waals surface area contributed by atoms with Crippen LogP contribution in [-0.2, 0) is 6.18 Å². The van der Waals surface area contributed by atoms with E-state index in [0.717, 1.165) is 42.7 Å². The van der Waals surface area contributed by atoms with E-state index in [2.05, 4.69) is 22.3 Å². The average Bonchev–Trinajstić information content (AvgIpc) is 3.63. The van der Waals surface area contributed by atoms with Gasteiger partial charge in [0.15, 0.2) is 5.65 Å². The first kappa shape index (κ1) is 29.4. The van der Waals surface area contributed by atoms with Gasteiger partial charge in [-0.1, -0.05) is 103 Å². The van der Waals surface area contributed by atoms with Gasteiger partial charge in [0.25, 0.3) is 5.91 Å². The minimum Gasteiger partial charge on any atom is -0.352 e. The molecule has 5 nitrogen and oxygen atoms in total. The van der Waals surface area contributed by atoms with Gasteiger partial charge < -0.3 is 5.32 Å². The molecule has 0 saturated heterocycles. The van der Waals surface area contributed by atoms with Crippen molar-refractivity contribution in [3.05, 3.63) is 29.2 Å². The van der Waals surface area contributed by atoms with E-state index in [1.54, 1.807) is 0 Å². The van der Waals surface area contributed by atoms with Crippen molar-refractivity contribution >= 4 is 11.6 Å². The lowest BCUT2D eigenvalue weighted by Gasteiger charge is -2.11. The maximum absolute atomic E-state index is 13.5. The molecule has 0 aromatic carbocycles. The van der Waals surface area contributed by atoms with Crippen molar-refractivity contribution in [2.75, 3.05) is 6.54 Å². The van der Waals surface area contributed by atoms with Gasteiger partial charge in [-0.05, 0) is 25.3 Å². The molecule has 3 rings (SSSR count). The van der Waals surface area contributed by atoms with Crippen LogP contribution in [0.25, 0.3) is 5.65 Å². The first-order valence-electron chi connectivity index (χ1n) is 14.7. The zero-order chi connectivity index (χ0) is 26.5. The Labute approximate surface area is 220 Å². The zero-order valence-electron chi connectivity index (χ0n) is 22.6. The summed E-state index contributed by atoms with van der Waals surface area (Å²) in [7, 11) is 0. The Morgan fingerprint density at radius 1 is 0.892 bits per heavy atom. The highest BCUT2D eigenvalue weighted by atomic mass is 19.4. The first-order valence-corrected chi connectivity index (χ1v) is 14.7. The Kier molecular flexibility index (Phi) is 12.2. The fourth-order valence-electron chi connectivity index (χ4n) is 4.90. The van der Waals surface area contributed by atoms with Crippen LogP contribution in [0.4, 0.5) is 13.2 Å². The van der Waals surface area contributed by atoms with Crippen LogP contribution in [-0.4, -0.2) is 27.0 Å². The second kappa shape index (κ2) is 15.3. The van der Waals surface area contributed by atoms with Crippen molar-refractivity contribution in [3.63, 3.8) is 0 Å². The molecule has 8 heteroatoms. The summed E-state index contributed by atoms with van der Waals surface area (Å²) in [5.41, 5.74) is -0.394. The summed E-state index contributed by atoms with van der Waals surface area (Å²) in [6.07, 6.45) is 18.8. The van der Waals surface area contributed by atoms with Crippen LogP contribution < -0.4 is 5.32 Å². The quantitative estimate of drug-likeness (QED) is 0.188. The molecular weight excluding hydrogens is 477 g/mol. The van der Waals surface area contributed by atoms with Crippen molar-refractivity contribution in [3.8, 4) is 0 Å². The van der Waals surface area contributed by atoms with Crippen LogP contribution in [0.5, 0.6) is 0 Å². The maximum atomic E-state index is 13.5. The molecule has 2 aromatic heterocycles. The molecule has 208 valence electrons. The number of carbonyl (C=O) groups is 1. The van der Waals surface area contributed by atoms with Gasteiger partial charge in [0, 0.05) is 18.2 Å². The molecule has 1 aliphatic carbocycles. The van der Waals surface area contributed by atoms with Gasteiger partial charge in [-0.3, -0.25) is 4.79 Å². The number of amides is 1. The average molecular weight is 523 g/mol. The molecular formula is C29H45F3N4O. The van der Waals surface area contributed by atoms with Crippen LogP contribution in [0.3, 0.4) is 0 Å². The molecule has 1 aliphatic rings. The molecule has 2 aromatic rings. The molecule has 1 saturated carbocycles. The highest BCUT2D eigenvalue weighted by Gasteiger charge is 2.37. The van der Waals surface area contributed by atoms with Crippen molar-refractivity contribution < 1.29 is 18.0 Å². The van der Waals surface area contributed by atoms with Crippen LogP contribution in [0.2, 0.25) is 0 Å². The third-order valence-electron chi connectivity index (χ3n) is 7.34. The van der Waals surface area contributed by atoms with E-state index >= 15 is 0 Å². The molecule has 0 radical (unpaired) electrons. The van der Waals surface area contributed by atoms with Crippen LogP contribution >= 0.6 is 0 Å². The number of fused-ring (bicyclic) bond motifs is 1. The molecule has 1 fully saturated rings. The molecule has 0 bridgehead atoms. The predicted molar refractivity (Wildman–Crippen MR) is 142 cm³/mol. The molecule has 1 amide bonds. The number of hydrogen-bond acceptors (Lipinski definition) is 3. The Morgan fingerprint density at radius 2 is 1.41 bits per heavy atom. The molecule has 1 N–H and O–H groups in total. The monoisotopic (exact) mass is 522 g/mol. The Bertz CT molecular complexity index is 953. The largest absolute Gasteiger partial charge is 0.433 e. The van der Waals surface area contributed by atoms with Gasteiger partial charge in [0.1, 0.15) is 11.3 Å². The lowest BCUT2D eigenvalue weighted by Crippen LogP contribution is -2.24. The van der Waals surface area contributed by atoms with Crippen molar-refractivity contribution in [1.82, 2.24) is 19.9 Å². The Morgan fingerprint density at radius 3 is 1.89 bits per heavy atom. The number of carbonyl (C=O) groups excluding carboxylic acids is 1. The van der Waals surface area contributed by atoms with E-state index in [1.807, 2.05) is 0 Å². The Balaban J connectivity index is 1.25. The Hall–Kier alpha value is -2.12. The number of alkyl halides is 3. The van der Waals surface area contributed by atoms with E-state index in [0.29, 0.717) is 12.2 Å². The van der Waals surface area contributed by atoms with Crippen LogP contribution in [0.1, 0.15) is 150 Å². The van der Waals surface area contributed by atoms with E-state index in [-0.39, 0.29) is 17.1 Å². The lowest BCUT2D eigenvalue weighted by molar-refractivity contribution is -0.142. The molecule has 0 atom stereocenters. The van der Waals surface area contributed by atoms with Crippen molar-refractivity contribution in [2.24, 2.45) is 0 Å². The van der Waals surface area contributed by atoms with Crippen molar-refractivity contribution in [1.29, 1.82) is 0 Å². The highest BCUT2D eigenvalue weighted by Crippen LogP contribution is 2.41. The van der Waals surface area contributed by atoms with Crippen molar-refractivity contribution in [2.45, 2.75) is 135 Å². The SMILES string of the molecule is CCCCCCCCCCCCCCCCCCNC(=O)c1cnn2c(C(F)(F)F)cc(C3CC3)nc12. The van der Waals surface area contributed by atoms with Crippen LogP contribution in [0, 0.1) is 0 Å². The van der Waals surface area contributed by atoms with E-state index in [4.69, 9.17) is 0 Å². The number of unbranched alkanes of at least 4 members (excludes halogenated alkanes) is 15. The number of rotatable bonds is 19. The minimum absolute atomic E-state index is 0.0128. The second-order valence-electron chi connectivity index (χ2n) is 10.7. The number of hydrogen-bond donors (Lipinski definition) is 1. The normalized spacial score (nSPS) is 13.9. The standard InChI is InChI=1S/C29H45F3N4O/c1-2-3-4-5-6-7-8-9-10-11-12-13-14-15-16-17-20-33-28(37)24-22-34-36-26(29(30,31)32)21-25(23-18-19-23)35-27(24)36/h21-23H,2-20H2,1H3,(H,33,37). The van der Waals surface area contributed by atoms with Gasteiger partial charge >= 0.3 is 6.18 Å². The van der Waals surface area contributed by atoms with Gasteiger partial charge in [-0.25, -0.2) is 9.50 Å². The summed E-state index contributed by atoms with van der Waals surface area (Å²) >= 11 is 0. The van der Waals surface area contributed by atoms with Gasteiger partial charge in [0.05, 0.1) is 6.20 Å². The summed E-state index contributed by atoms with van der Waals surface area (Å²) in [5, 5.41) is 6.66. The first-order chi connectivity index (χ1) is 17.9. The van der Waals surface area contributed by atoms with E-state index < -0.39 is 17.8 Å². The minimum atomic E-state index is -4.56. The summed E-state index contributed by atoms with van der Waals surface area (Å²) in [6.45, 7) is 2.76. The number of nitrogens with one attached hydrogen (secondary N) is 1. The second-order valence-corrected chi connectivity index (χ2v) is 10.7.